The van der Waals surface area contributed by atoms with Crippen LogP contribution in [0.15, 0.2) is 12.2 Å². The lowest BCUT2D eigenvalue weighted by atomic mass is 10.0. The van der Waals surface area contributed by atoms with Crippen molar-refractivity contribution in [1.29, 1.82) is 0 Å². The summed E-state index contributed by atoms with van der Waals surface area (Å²) in [7, 11) is 0. The highest BCUT2D eigenvalue weighted by Gasteiger charge is 2.20. The van der Waals surface area contributed by atoms with Gasteiger partial charge in [-0.25, -0.2) is 0 Å². The van der Waals surface area contributed by atoms with Crippen LogP contribution >= 0.6 is 0 Å². The third-order valence-electron chi connectivity index (χ3n) is 14.6. The van der Waals surface area contributed by atoms with E-state index in [1.165, 1.54) is 257 Å². The molecule has 0 heterocycles. The molecular formula is C62H121NO5. The number of amides is 1. The van der Waals surface area contributed by atoms with E-state index < -0.39 is 12.1 Å². The Balaban J connectivity index is 3.45. The van der Waals surface area contributed by atoms with Crippen molar-refractivity contribution in [3.05, 3.63) is 12.2 Å². The average Bonchev–Trinajstić information content (AvgIpc) is 3.34. The SMILES string of the molecule is CCCCCCCCC/C=C\CCCCCCCC(=O)OCCCCCCCCCCCCC(=O)NC(CO)C(O)CCCCCCCCCCCCCCCCCCCCCCCCCCC. The van der Waals surface area contributed by atoms with Gasteiger partial charge in [0.25, 0.3) is 0 Å². The largest absolute Gasteiger partial charge is 0.466 e. The molecule has 6 heteroatoms. The molecule has 404 valence electrons. The maximum absolute atomic E-state index is 12.5. The van der Waals surface area contributed by atoms with E-state index >= 15 is 0 Å². The Morgan fingerprint density at radius 2 is 0.691 bits per heavy atom. The summed E-state index contributed by atoms with van der Waals surface area (Å²) in [6.07, 6.45) is 69.3. The molecule has 0 radical (unpaired) electrons. The fourth-order valence-electron chi connectivity index (χ4n) is 9.81. The zero-order valence-electron chi connectivity index (χ0n) is 46.1. The first-order chi connectivity index (χ1) is 33.5. The van der Waals surface area contributed by atoms with Gasteiger partial charge in [-0.15, -0.1) is 0 Å². The van der Waals surface area contributed by atoms with Gasteiger partial charge in [-0.3, -0.25) is 9.59 Å². The van der Waals surface area contributed by atoms with Gasteiger partial charge < -0.3 is 20.3 Å². The average molecular weight is 961 g/mol. The minimum atomic E-state index is -0.680. The van der Waals surface area contributed by atoms with Crippen LogP contribution in [-0.4, -0.2) is 47.4 Å². The van der Waals surface area contributed by atoms with E-state index in [1.54, 1.807) is 0 Å². The zero-order chi connectivity index (χ0) is 49.3. The third kappa shape index (κ3) is 53.9. The molecule has 0 aliphatic carbocycles. The minimum Gasteiger partial charge on any atom is -0.466 e. The second-order valence-corrected chi connectivity index (χ2v) is 21.4. The van der Waals surface area contributed by atoms with Gasteiger partial charge in [0.15, 0.2) is 0 Å². The van der Waals surface area contributed by atoms with Crippen LogP contribution in [0.3, 0.4) is 0 Å². The van der Waals surface area contributed by atoms with Crippen LogP contribution in [0.2, 0.25) is 0 Å². The van der Waals surface area contributed by atoms with Crippen LogP contribution in [0.4, 0.5) is 0 Å². The zero-order valence-corrected chi connectivity index (χ0v) is 46.1. The summed E-state index contributed by atoms with van der Waals surface area (Å²) in [4.78, 5) is 24.6. The van der Waals surface area contributed by atoms with Gasteiger partial charge in [-0.1, -0.05) is 296 Å². The number of carbonyl (C=O) groups is 2. The summed E-state index contributed by atoms with van der Waals surface area (Å²) in [6.45, 7) is 4.93. The lowest BCUT2D eigenvalue weighted by Gasteiger charge is -2.22. The van der Waals surface area contributed by atoms with Crippen molar-refractivity contribution in [3.8, 4) is 0 Å². The number of allylic oxidation sites excluding steroid dienone is 2. The van der Waals surface area contributed by atoms with Crippen LogP contribution in [0, 0.1) is 0 Å². The molecule has 0 aromatic carbocycles. The number of rotatable bonds is 58. The molecule has 1 amide bonds. The van der Waals surface area contributed by atoms with E-state index in [2.05, 4.69) is 31.3 Å². The van der Waals surface area contributed by atoms with Crippen LogP contribution in [0.25, 0.3) is 0 Å². The maximum atomic E-state index is 12.5. The lowest BCUT2D eigenvalue weighted by Crippen LogP contribution is -2.45. The summed E-state index contributed by atoms with van der Waals surface area (Å²) >= 11 is 0. The molecule has 0 aromatic rings. The summed E-state index contributed by atoms with van der Waals surface area (Å²) in [5.41, 5.74) is 0. The van der Waals surface area contributed by atoms with E-state index in [1.807, 2.05) is 0 Å². The van der Waals surface area contributed by atoms with Crippen LogP contribution < -0.4 is 5.32 Å². The molecule has 0 spiro atoms. The van der Waals surface area contributed by atoms with Crippen molar-refractivity contribution >= 4 is 11.9 Å². The minimum absolute atomic E-state index is 0.0246. The highest BCUT2D eigenvalue weighted by Crippen LogP contribution is 2.18. The van der Waals surface area contributed by atoms with E-state index in [4.69, 9.17) is 4.74 Å². The number of unbranched alkanes of at least 4 members (excludes halogenated alkanes) is 45. The van der Waals surface area contributed by atoms with Crippen molar-refractivity contribution in [2.75, 3.05) is 13.2 Å². The summed E-state index contributed by atoms with van der Waals surface area (Å²) in [6, 6.07) is -0.559. The topological polar surface area (TPSA) is 95.9 Å². The Bertz CT molecular complexity index is 1020. The van der Waals surface area contributed by atoms with Gasteiger partial charge in [0, 0.05) is 12.8 Å². The molecule has 0 aromatic heterocycles. The molecule has 2 unspecified atom stereocenters. The predicted molar refractivity (Wildman–Crippen MR) is 297 cm³/mol. The molecule has 2 atom stereocenters. The van der Waals surface area contributed by atoms with Gasteiger partial charge >= 0.3 is 5.97 Å². The molecule has 0 fully saturated rings. The molecule has 0 saturated carbocycles. The third-order valence-corrected chi connectivity index (χ3v) is 14.6. The highest BCUT2D eigenvalue weighted by molar-refractivity contribution is 5.76. The molecule has 0 rings (SSSR count). The van der Waals surface area contributed by atoms with Gasteiger partial charge in [-0.2, -0.15) is 0 Å². The number of aliphatic hydroxyl groups is 2. The quantitative estimate of drug-likeness (QED) is 0.0321. The normalized spacial score (nSPS) is 12.6. The molecular weight excluding hydrogens is 839 g/mol. The Kier molecular flexibility index (Phi) is 57.0. The summed E-state index contributed by atoms with van der Waals surface area (Å²) < 4.78 is 5.47. The van der Waals surface area contributed by atoms with Crippen molar-refractivity contribution in [2.24, 2.45) is 0 Å². The van der Waals surface area contributed by atoms with E-state index in [0.717, 1.165) is 57.8 Å². The Hall–Kier alpha value is -1.40. The Labute approximate surface area is 425 Å². The molecule has 68 heavy (non-hydrogen) atoms. The van der Waals surface area contributed by atoms with Gasteiger partial charge in [0.2, 0.25) is 5.91 Å². The molecule has 0 bridgehead atoms. The van der Waals surface area contributed by atoms with E-state index in [9.17, 15) is 19.8 Å². The number of esters is 1. The maximum Gasteiger partial charge on any atom is 0.305 e. The molecule has 3 N–H and O–H groups in total. The molecule has 6 nitrogen and oxygen atoms in total. The fraction of sp³-hybridized carbons (Fsp3) is 0.935. The molecule has 0 saturated heterocycles. The van der Waals surface area contributed by atoms with Crippen molar-refractivity contribution in [2.45, 2.75) is 360 Å². The first-order valence-electron chi connectivity index (χ1n) is 30.9. The first kappa shape index (κ1) is 66.6. The van der Waals surface area contributed by atoms with Crippen LogP contribution in [0.1, 0.15) is 348 Å². The Morgan fingerprint density at radius 3 is 1.04 bits per heavy atom. The van der Waals surface area contributed by atoms with Crippen molar-refractivity contribution in [1.82, 2.24) is 5.32 Å². The number of carbonyl (C=O) groups excluding carboxylic acids is 2. The smallest absolute Gasteiger partial charge is 0.305 e. The first-order valence-corrected chi connectivity index (χ1v) is 30.9. The van der Waals surface area contributed by atoms with Gasteiger partial charge in [-0.05, 0) is 51.4 Å². The van der Waals surface area contributed by atoms with E-state index in [-0.39, 0.29) is 18.5 Å². The molecule has 0 aliphatic rings. The second-order valence-electron chi connectivity index (χ2n) is 21.4. The van der Waals surface area contributed by atoms with Crippen molar-refractivity contribution in [3.63, 3.8) is 0 Å². The van der Waals surface area contributed by atoms with E-state index in [0.29, 0.717) is 25.9 Å². The second kappa shape index (κ2) is 58.2. The summed E-state index contributed by atoms with van der Waals surface area (Å²) in [5, 5.41) is 23.4. The standard InChI is InChI=1S/C62H121NO5/c1-3-5-7-9-11-13-15-17-19-21-22-23-24-25-26-27-28-29-30-32-34-38-42-46-50-54-60(65)59(58-64)63-61(66)55-51-47-43-39-36-37-41-45-49-53-57-68-62(67)56-52-48-44-40-35-33-31-20-18-16-14-12-10-8-6-4-2/h20,31,59-60,64-65H,3-19,21-30,32-58H2,1-2H3,(H,63,66)/b31-20-. The fourth-order valence-corrected chi connectivity index (χ4v) is 9.81. The highest BCUT2D eigenvalue weighted by atomic mass is 16.5. The number of hydrogen-bond acceptors (Lipinski definition) is 5. The number of ether oxygens (including phenoxy) is 1. The summed E-state index contributed by atoms with van der Waals surface area (Å²) in [5.74, 6) is -0.0784. The Morgan fingerprint density at radius 1 is 0.397 bits per heavy atom. The predicted octanol–water partition coefficient (Wildman–Crippen LogP) is 19.2. The number of nitrogens with one attached hydrogen (secondary N) is 1. The molecule has 0 aliphatic heterocycles. The van der Waals surface area contributed by atoms with Gasteiger partial charge in [0.1, 0.15) is 0 Å². The van der Waals surface area contributed by atoms with Crippen LogP contribution in [0.5, 0.6) is 0 Å². The van der Waals surface area contributed by atoms with Crippen LogP contribution in [-0.2, 0) is 14.3 Å². The van der Waals surface area contributed by atoms with Crippen molar-refractivity contribution < 1.29 is 24.5 Å². The van der Waals surface area contributed by atoms with Gasteiger partial charge in [0.05, 0.1) is 25.4 Å². The monoisotopic (exact) mass is 960 g/mol. The number of aliphatic hydroxyl groups excluding tert-OH is 2. The number of hydrogen-bond donors (Lipinski definition) is 3. The lowest BCUT2D eigenvalue weighted by molar-refractivity contribution is -0.143.